The smallest absolute Gasteiger partial charge is 0.181 e. The summed E-state index contributed by atoms with van der Waals surface area (Å²) >= 11 is 0. The van der Waals surface area contributed by atoms with Crippen molar-refractivity contribution in [2.75, 3.05) is 0 Å². The molecule has 3 rings (SSSR count). The minimum absolute atomic E-state index is 0.0251. The van der Waals surface area contributed by atoms with Gasteiger partial charge >= 0.3 is 0 Å². The van der Waals surface area contributed by atoms with Crippen LogP contribution < -0.4 is 5.43 Å². The second-order valence-corrected chi connectivity index (χ2v) is 4.35. The molecule has 0 unspecified atom stereocenters. The van der Waals surface area contributed by atoms with Crippen LogP contribution in [0.5, 0.6) is 0 Å². The van der Waals surface area contributed by atoms with E-state index in [2.05, 4.69) is 24.3 Å². The van der Waals surface area contributed by atoms with E-state index in [4.69, 9.17) is 0 Å². The molecule has 1 aromatic heterocycles. The van der Waals surface area contributed by atoms with Crippen LogP contribution in [0.4, 0.5) is 0 Å². The van der Waals surface area contributed by atoms with Crippen molar-refractivity contribution in [3.8, 4) is 16.8 Å². The summed E-state index contributed by atoms with van der Waals surface area (Å²) in [5.74, 6) is 0. The third-order valence-corrected chi connectivity index (χ3v) is 3.07. The molecule has 0 saturated heterocycles. The van der Waals surface area contributed by atoms with Gasteiger partial charge in [0.2, 0.25) is 0 Å². The number of hydrogen-bond donors (Lipinski definition) is 0. The summed E-state index contributed by atoms with van der Waals surface area (Å²) in [5.41, 5.74) is 3.45. The molecular weight excluding hydrogens is 234 g/mol. The zero-order chi connectivity index (χ0) is 13.1. The van der Waals surface area contributed by atoms with Gasteiger partial charge in [0.25, 0.3) is 0 Å². The van der Waals surface area contributed by atoms with Crippen LogP contribution in [-0.4, -0.2) is 4.57 Å². The number of benzene rings is 2. The third kappa shape index (κ3) is 2.47. The molecule has 2 aromatic carbocycles. The molecule has 0 fully saturated rings. The number of hydrogen-bond acceptors (Lipinski definition) is 1. The third-order valence-electron chi connectivity index (χ3n) is 3.07. The molecule has 0 spiro atoms. The lowest BCUT2D eigenvalue weighted by molar-refractivity contribution is 1.04. The van der Waals surface area contributed by atoms with Crippen molar-refractivity contribution >= 4 is 0 Å². The van der Waals surface area contributed by atoms with E-state index in [1.807, 2.05) is 34.9 Å². The molecule has 2 nitrogen and oxygen atoms in total. The Morgan fingerprint density at radius 3 is 1.84 bits per heavy atom. The maximum absolute atomic E-state index is 11.1. The number of aromatic nitrogens is 1. The van der Waals surface area contributed by atoms with Gasteiger partial charge in [0.1, 0.15) is 0 Å². The maximum Gasteiger partial charge on any atom is 0.181 e. The van der Waals surface area contributed by atoms with Gasteiger partial charge in [0.15, 0.2) is 5.43 Å². The van der Waals surface area contributed by atoms with E-state index in [-0.39, 0.29) is 5.43 Å². The Kier molecular flexibility index (Phi) is 2.99. The van der Waals surface area contributed by atoms with Crippen LogP contribution in [0.15, 0.2) is 83.9 Å². The highest BCUT2D eigenvalue weighted by Gasteiger charge is 1.98. The van der Waals surface area contributed by atoms with Crippen molar-refractivity contribution < 1.29 is 0 Å². The minimum Gasteiger partial charge on any atom is -0.324 e. The largest absolute Gasteiger partial charge is 0.324 e. The Hall–Kier alpha value is -2.61. The van der Waals surface area contributed by atoms with E-state index < -0.39 is 0 Å². The minimum atomic E-state index is 0.0251. The summed E-state index contributed by atoms with van der Waals surface area (Å²) in [6, 6.07) is 21.7. The molecule has 0 aliphatic heterocycles. The Bertz CT molecular complexity index is 707. The highest BCUT2D eigenvalue weighted by Crippen LogP contribution is 2.20. The molecular formula is C17H13NO. The van der Waals surface area contributed by atoms with E-state index in [1.165, 1.54) is 11.1 Å². The predicted molar refractivity (Wildman–Crippen MR) is 77.5 cm³/mol. The maximum atomic E-state index is 11.1. The molecule has 0 amide bonds. The topological polar surface area (TPSA) is 22.0 Å². The van der Waals surface area contributed by atoms with Crippen LogP contribution >= 0.6 is 0 Å². The zero-order valence-corrected chi connectivity index (χ0v) is 10.4. The summed E-state index contributed by atoms with van der Waals surface area (Å²) in [6.07, 6.45) is 3.56. The molecule has 0 N–H and O–H groups in total. The van der Waals surface area contributed by atoms with Crippen molar-refractivity contribution in [2.45, 2.75) is 0 Å². The Morgan fingerprint density at radius 2 is 1.21 bits per heavy atom. The standard InChI is InChI=1S/C17H13NO/c19-17-10-12-18(13-11-17)16-8-6-15(7-9-16)14-4-2-1-3-5-14/h1-13H. The monoisotopic (exact) mass is 247 g/mol. The molecule has 92 valence electrons. The van der Waals surface area contributed by atoms with Crippen LogP contribution in [-0.2, 0) is 0 Å². The summed E-state index contributed by atoms with van der Waals surface area (Å²) in [4.78, 5) is 11.1. The van der Waals surface area contributed by atoms with Crippen molar-refractivity contribution in [3.05, 3.63) is 89.3 Å². The first-order valence-corrected chi connectivity index (χ1v) is 6.17. The van der Waals surface area contributed by atoms with Gasteiger partial charge in [-0.05, 0) is 23.3 Å². The van der Waals surface area contributed by atoms with Gasteiger partial charge in [-0.15, -0.1) is 0 Å². The highest BCUT2D eigenvalue weighted by atomic mass is 16.1. The molecule has 2 heteroatoms. The normalized spacial score (nSPS) is 10.3. The van der Waals surface area contributed by atoms with Gasteiger partial charge in [-0.3, -0.25) is 4.79 Å². The van der Waals surface area contributed by atoms with E-state index in [0.29, 0.717) is 0 Å². The second-order valence-electron chi connectivity index (χ2n) is 4.35. The fourth-order valence-electron chi connectivity index (χ4n) is 2.04. The molecule has 0 radical (unpaired) electrons. The lowest BCUT2D eigenvalue weighted by atomic mass is 10.1. The van der Waals surface area contributed by atoms with Crippen molar-refractivity contribution in [2.24, 2.45) is 0 Å². The van der Waals surface area contributed by atoms with Crippen LogP contribution in [0, 0.1) is 0 Å². The van der Waals surface area contributed by atoms with E-state index in [1.54, 1.807) is 24.5 Å². The molecule has 0 saturated carbocycles. The van der Waals surface area contributed by atoms with Crippen LogP contribution in [0.1, 0.15) is 0 Å². The molecule has 3 aromatic rings. The summed E-state index contributed by atoms with van der Waals surface area (Å²) in [7, 11) is 0. The first-order valence-electron chi connectivity index (χ1n) is 6.17. The number of nitrogens with zero attached hydrogens (tertiary/aromatic N) is 1. The molecule has 1 heterocycles. The van der Waals surface area contributed by atoms with Gasteiger partial charge < -0.3 is 4.57 Å². The molecule has 19 heavy (non-hydrogen) atoms. The van der Waals surface area contributed by atoms with Crippen molar-refractivity contribution in [1.29, 1.82) is 0 Å². The van der Waals surface area contributed by atoms with Gasteiger partial charge in [0, 0.05) is 30.2 Å². The SMILES string of the molecule is O=c1ccn(-c2ccc(-c3ccccc3)cc2)cc1. The van der Waals surface area contributed by atoms with Gasteiger partial charge in [-0.25, -0.2) is 0 Å². The first-order chi connectivity index (χ1) is 9.33. The van der Waals surface area contributed by atoms with Gasteiger partial charge in [-0.1, -0.05) is 42.5 Å². The van der Waals surface area contributed by atoms with Crippen molar-refractivity contribution in [3.63, 3.8) is 0 Å². The highest BCUT2D eigenvalue weighted by molar-refractivity contribution is 5.64. The fraction of sp³-hybridized carbons (Fsp3) is 0. The molecule has 0 aliphatic rings. The zero-order valence-electron chi connectivity index (χ0n) is 10.4. The average molecular weight is 247 g/mol. The second kappa shape index (κ2) is 4.94. The Morgan fingerprint density at radius 1 is 0.632 bits per heavy atom. The summed E-state index contributed by atoms with van der Waals surface area (Å²) in [5, 5.41) is 0. The lowest BCUT2D eigenvalue weighted by Crippen LogP contribution is -2.01. The molecule has 0 bridgehead atoms. The quantitative estimate of drug-likeness (QED) is 0.679. The number of pyridine rings is 1. The van der Waals surface area contributed by atoms with Crippen molar-refractivity contribution in [1.82, 2.24) is 4.57 Å². The molecule has 0 aliphatic carbocycles. The fourth-order valence-corrected chi connectivity index (χ4v) is 2.04. The molecule has 0 atom stereocenters. The van der Waals surface area contributed by atoms with E-state index in [9.17, 15) is 4.79 Å². The predicted octanol–water partition coefficient (Wildman–Crippen LogP) is 3.50. The Labute approximate surface area is 111 Å². The van der Waals surface area contributed by atoms with Gasteiger partial charge in [0.05, 0.1) is 0 Å². The summed E-state index contributed by atoms with van der Waals surface area (Å²) in [6.45, 7) is 0. The summed E-state index contributed by atoms with van der Waals surface area (Å²) < 4.78 is 1.93. The average Bonchev–Trinajstić information content (AvgIpc) is 2.49. The Balaban J connectivity index is 1.95. The van der Waals surface area contributed by atoms with Crippen LogP contribution in [0.2, 0.25) is 0 Å². The van der Waals surface area contributed by atoms with Crippen LogP contribution in [0.3, 0.4) is 0 Å². The first kappa shape index (κ1) is 11.5. The van der Waals surface area contributed by atoms with E-state index in [0.717, 1.165) is 5.69 Å². The van der Waals surface area contributed by atoms with Crippen LogP contribution in [0.25, 0.3) is 16.8 Å². The van der Waals surface area contributed by atoms with E-state index >= 15 is 0 Å². The number of rotatable bonds is 2. The lowest BCUT2D eigenvalue weighted by Gasteiger charge is -2.07. The van der Waals surface area contributed by atoms with Gasteiger partial charge in [-0.2, -0.15) is 0 Å².